The van der Waals surface area contributed by atoms with Gasteiger partial charge in [0.15, 0.2) is 0 Å². The summed E-state index contributed by atoms with van der Waals surface area (Å²) in [5, 5.41) is 0. The van der Waals surface area contributed by atoms with Crippen molar-refractivity contribution in [3.63, 3.8) is 0 Å². The molecule has 0 aromatic heterocycles. The molecule has 1 aromatic carbocycles. The average molecular weight is 210 g/mol. The van der Waals surface area contributed by atoms with E-state index in [4.69, 9.17) is 5.73 Å². The van der Waals surface area contributed by atoms with E-state index in [0.717, 1.165) is 30.8 Å². The van der Waals surface area contributed by atoms with Gasteiger partial charge < -0.3 is 5.73 Å². The van der Waals surface area contributed by atoms with Crippen molar-refractivity contribution >= 4 is 16.7 Å². The molecule has 1 heterocycles. The number of benzene rings is 1. The van der Waals surface area contributed by atoms with Crippen LogP contribution in [0.15, 0.2) is 29.2 Å². The summed E-state index contributed by atoms with van der Waals surface area (Å²) >= 11 is 0. The zero-order valence-corrected chi connectivity index (χ0v) is 8.80. The highest BCUT2D eigenvalue weighted by Gasteiger charge is 2.18. The summed E-state index contributed by atoms with van der Waals surface area (Å²) in [5.74, 6) is 0. The van der Waals surface area contributed by atoms with E-state index >= 15 is 0 Å². The molecule has 0 radical (unpaired) electrons. The Kier molecular flexibility index (Phi) is 2.84. The van der Waals surface area contributed by atoms with Gasteiger partial charge in [0.05, 0.1) is 4.90 Å². The van der Waals surface area contributed by atoms with Crippen LogP contribution >= 0.6 is 0 Å². The molecule has 1 unspecified atom stereocenters. The van der Waals surface area contributed by atoms with Crippen LogP contribution in [0, 0.1) is 0 Å². The van der Waals surface area contributed by atoms with Crippen molar-refractivity contribution in [2.75, 3.05) is 18.8 Å². The molecule has 1 aliphatic heterocycles. The van der Waals surface area contributed by atoms with Crippen LogP contribution in [0.1, 0.15) is 12.8 Å². The summed E-state index contributed by atoms with van der Waals surface area (Å²) < 4.78 is 14.0. The largest absolute Gasteiger partial charge is 0.399 e. The third-order valence-corrected chi connectivity index (χ3v) is 3.85. The van der Waals surface area contributed by atoms with Gasteiger partial charge in [0.2, 0.25) is 0 Å². The van der Waals surface area contributed by atoms with E-state index in [9.17, 15) is 4.21 Å². The van der Waals surface area contributed by atoms with Gasteiger partial charge in [0.1, 0.15) is 11.0 Å². The second kappa shape index (κ2) is 4.11. The van der Waals surface area contributed by atoms with Gasteiger partial charge in [0, 0.05) is 18.8 Å². The smallest absolute Gasteiger partial charge is 0.127 e. The molecule has 1 saturated heterocycles. The number of hydrogen-bond donors (Lipinski definition) is 1. The summed E-state index contributed by atoms with van der Waals surface area (Å²) in [4.78, 5) is 0.812. The van der Waals surface area contributed by atoms with Crippen molar-refractivity contribution in [3.8, 4) is 0 Å². The highest BCUT2D eigenvalue weighted by atomic mass is 32.2. The van der Waals surface area contributed by atoms with Gasteiger partial charge >= 0.3 is 0 Å². The molecule has 0 saturated carbocycles. The number of anilines is 1. The molecule has 2 rings (SSSR count). The Morgan fingerprint density at radius 2 is 2.00 bits per heavy atom. The topological polar surface area (TPSA) is 46.3 Å². The van der Waals surface area contributed by atoms with Crippen molar-refractivity contribution in [1.82, 2.24) is 4.31 Å². The SMILES string of the molecule is Nc1cccc(S(=O)N2CCCC2)c1. The fourth-order valence-electron chi connectivity index (χ4n) is 1.63. The Hall–Kier alpha value is -0.870. The Balaban J connectivity index is 2.17. The van der Waals surface area contributed by atoms with E-state index in [-0.39, 0.29) is 0 Å². The van der Waals surface area contributed by atoms with Crippen molar-refractivity contribution in [2.45, 2.75) is 17.7 Å². The van der Waals surface area contributed by atoms with Crippen molar-refractivity contribution in [2.24, 2.45) is 0 Å². The van der Waals surface area contributed by atoms with Gasteiger partial charge in [-0.25, -0.2) is 8.51 Å². The monoisotopic (exact) mass is 210 g/mol. The van der Waals surface area contributed by atoms with Crippen LogP contribution < -0.4 is 5.73 Å². The Morgan fingerprint density at radius 3 is 2.64 bits per heavy atom. The van der Waals surface area contributed by atoms with Crippen LogP contribution in [0.3, 0.4) is 0 Å². The molecule has 3 nitrogen and oxygen atoms in total. The second-order valence-corrected chi connectivity index (χ2v) is 4.94. The standard InChI is InChI=1S/C10H14N2OS/c11-9-4-3-5-10(8-9)14(13)12-6-1-2-7-12/h3-5,8H,1-2,6-7,11H2. The first-order chi connectivity index (χ1) is 6.77. The predicted molar refractivity (Wildman–Crippen MR) is 58.1 cm³/mol. The molecule has 1 aliphatic rings. The summed E-state index contributed by atoms with van der Waals surface area (Å²) in [7, 11) is -1.02. The quantitative estimate of drug-likeness (QED) is 0.750. The Labute approximate surface area is 86.5 Å². The summed E-state index contributed by atoms with van der Waals surface area (Å²) in [5.41, 5.74) is 6.32. The molecule has 0 spiro atoms. The van der Waals surface area contributed by atoms with Gasteiger partial charge in [-0.2, -0.15) is 0 Å². The lowest BCUT2D eigenvalue weighted by Gasteiger charge is -2.13. The molecule has 0 bridgehead atoms. The van der Waals surface area contributed by atoms with Crippen LogP contribution in [-0.4, -0.2) is 21.6 Å². The van der Waals surface area contributed by atoms with Gasteiger partial charge in [-0.3, -0.25) is 0 Å². The molecule has 2 N–H and O–H groups in total. The molecule has 1 atom stereocenters. The van der Waals surface area contributed by atoms with E-state index in [1.165, 1.54) is 0 Å². The zero-order chi connectivity index (χ0) is 9.97. The first-order valence-electron chi connectivity index (χ1n) is 4.80. The Bertz CT molecular complexity index is 348. The van der Waals surface area contributed by atoms with Crippen LogP contribution in [-0.2, 0) is 11.0 Å². The highest BCUT2D eigenvalue weighted by molar-refractivity contribution is 7.82. The molecule has 0 amide bonds. The minimum atomic E-state index is -1.02. The van der Waals surface area contributed by atoms with Gasteiger partial charge in [-0.1, -0.05) is 6.07 Å². The molecule has 14 heavy (non-hydrogen) atoms. The third-order valence-electron chi connectivity index (χ3n) is 2.36. The van der Waals surface area contributed by atoms with E-state index in [0.29, 0.717) is 5.69 Å². The Morgan fingerprint density at radius 1 is 1.29 bits per heavy atom. The molecule has 4 heteroatoms. The van der Waals surface area contributed by atoms with Crippen LogP contribution in [0.25, 0.3) is 0 Å². The van der Waals surface area contributed by atoms with Crippen molar-refractivity contribution < 1.29 is 4.21 Å². The minimum absolute atomic E-state index is 0.676. The van der Waals surface area contributed by atoms with E-state index in [2.05, 4.69) is 0 Å². The highest BCUT2D eigenvalue weighted by Crippen LogP contribution is 2.18. The number of rotatable bonds is 2. The molecular formula is C10H14N2OS. The summed E-state index contributed by atoms with van der Waals surface area (Å²) in [6.07, 6.45) is 2.29. The van der Waals surface area contributed by atoms with Gasteiger partial charge in [-0.15, -0.1) is 0 Å². The number of nitrogens with zero attached hydrogens (tertiary/aromatic N) is 1. The maximum absolute atomic E-state index is 12.0. The lowest BCUT2D eigenvalue weighted by atomic mass is 10.3. The fraction of sp³-hybridized carbons (Fsp3) is 0.400. The normalized spacial score (nSPS) is 19.7. The molecular weight excluding hydrogens is 196 g/mol. The summed E-state index contributed by atoms with van der Waals surface area (Å²) in [6, 6.07) is 7.31. The lowest BCUT2D eigenvalue weighted by molar-refractivity contribution is 0.536. The first kappa shape index (κ1) is 9.68. The van der Waals surface area contributed by atoms with Gasteiger partial charge in [-0.05, 0) is 31.0 Å². The van der Waals surface area contributed by atoms with E-state index in [1.807, 2.05) is 22.5 Å². The van der Waals surface area contributed by atoms with Crippen LogP contribution in [0.5, 0.6) is 0 Å². The average Bonchev–Trinajstić information content (AvgIpc) is 2.69. The van der Waals surface area contributed by atoms with Crippen molar-refractivity contribution in [3.05, 3.63) is 24.3 Å². The number of nitrogens with two attached hydrogens (primary N) is 1. The van der Waals surface area contributed by atoms with Gasteiger partial charge in [0.25, 0.3) is 0 Å². The first-order valence-corrected chi connectivity index (χ1v) is 5.90. The molecule has 1 fully saturated rings. The van der Waals surface area contributed by atoms with Crippen molar-refractivity contribution in [1.29, 1.82) is 0 Å². The summed E-state index contributed by atoms with van der Waals surface area (Å²) in [6.45, 7) is 1.86. The maximum Gasteiger partial charge on any atom is 0.127 e. The lowest BCUT2D eigenvalue weighted by Crippen LogP contribution is -2.22. The number of nitrogen functional groups attached to an aromatic ring is 1. The minimum Gasteiger partial charge on any atom is -0.399 e. The second-order valence-electron chi connectivity index (χ2n) is 3.46. The van der Waals surface area contributed by atoms with E-state index < -0.39 is 11.0 Å². The zero-order valence-electron chi connectivity index (χ0n) is 7.98. The van der Waals surface area contributed by atoms with E-state index in [1.54, 1.807) is 6.07 Å². The van der Waals surface area contributed by atoms with Crippen LogP contribution in [0.2, 0.25) is 0 Å². The predicted octanol–water partition coefficient (Wildman–Crippen LogP) is 1.39. The maximum atomic E-state index is 12.0. The number of hydrogen-bond acceptors (Lipinski definition) is 2. The molecule has 1 aromatic rings. The molecule has 76 valence electrons. The van der Waals surface area contributed by atoms with Crippen LogP contribution in [0.4, 0.5) is 5.69 Å². The molecule has 0 aliphatic carbocycles. The fourth-order valence-corrected chi connectivity index (χ4v) is 2.95. The third kappa shape index (κ3) is 1.96.